The fourth-order valence-electron chi connectivity index (χ4n) is 3.24. The molecule has 1 unspecified atom stereocenters. The monoisotopic (exact) mass is 365 g/mol. The van der Waals surface area contributed by atoms with Gasteiger partial charge in [-0.1, -0.05) is 0 Å². The Morgan fingerprint density at radius 3 is 2.81 bits per heavy atom. The number of esters is 1. The summed E-state index contributed by atoms with van der Waals surface area (Å²) >= 11 is 0. The van der Waals surface area contributed by atoms with Crippen LogP contribution in [0.25, 0.3) is 0 Å². The first kappa shape index (κ1) is 20.6. The lowest BCUT2D eigenvalue weighted by Gasteiger charge is -2.16. The van der Waals surface area contributed by atoms with Crippen molar-refractivity contribution in [2.75, 3.05) is 6.61 Å². The van der Waals surface area contributed by atoms with Gasteiger partial charge < -0.3 is 14.6 Å². The molecule has 1 aromatic heterocycles. The molecule has 3 atom stereocenters. The molecular formula is C18H30BN2O5+. The van der Waals surface area contributed by atoms with Gasteiger partial charge in [-0.05, 0) is 12.8 Å². The number of aryl methyl sites for hydroxylation is 2. The zero-order valence-electron chi connectivity index (χ0n) is 16.0. The molecule has 2 rings (SSSR count). The summed E-state index contributed by atoms with van der Waals surface area (Å²) in [6, 6.07) is -0.0299. The number of ketones is 1. The minimum absolute atomic E-state index is 0.0299. The molecule has 0 saturated carbocycles. The van der Waals surface area contributed by atoms with Gasteiger partial charge >= 0.3 is 5.97 Å². The van der Waals surface area contributed by atoms with Crippen LogP contribution < -0.4 is 4.57 Å². The second kappa shape index (κ2) is 9.87. The summed E-state index contributed by atoms with van der Waals surface area (Å²) in [6.45, 7) is 2.79. The molecule has 0 bridgehead atoms. The molecular weight excluding hydrogens is 335 g/mol. The van der Waals surface area contributed by atoms with Gasteiger partial charge in [0, 0.05) is 32.2 Å². The maximum absolute atomic E-state index is 12.0. The number of hydrogen-bond acceptors (Lipinski definition) is 5. The second-order valence-electron chi connectivity index (χ2n) is 7.08. The van der Waals surface area contributed by atoms with Crippen LogP contribution in [0.5, 0.6) is 0 Å². The number of nitrogens with zero attached hydrogens (tertiary/aromatic N) is 2. The van der Waals surface area contributed by atoms with Crippen LogP contribution in [0.2, 0.25) is 0 Å². The number of aliphatic hydroxyl groups is 1. The maximum atomic E-state index is 12.0. The number of carbonyl (C=O) groups excluding carboxylic acids is 2. The van der Waals surface area contributed by atoms with E-state index in [0.717, 1.165) is 19.4 Å². The smallest absolute Gasteiger partial charge is 0.306 e. The lowest BCUT2D eigenvalue weighted by molar-refractivity contribution is -0.702. The number of carbonyl (C=O) groups is 2. The Kier molecular flexibility index (Phi) is 7.84. The maximum Gasteiger partial charge on any atom is 0.306 e. The van der Waals surface area contributed by atoms with Crippen molar-refractivity contribution in [1.29, 1.82) is 0 Å². The van der Waals surface area contributed by atoms with E-state index in [1.54, 1.807) is 0 Å². The van der Waals surface area contributed by atoms with Gasteiger partial charge in [-0.25, -0.2) is 9.13 Å². The van der Waals surface area contributed by atoms with E-state index >= 15 is 0 Å². The highest BCUT2D eigenvalue weighted by molar-refractivity contribution is 6.11. The van der Waals surface area contributed by atoms with E-state index in [0.29, 0.717) is 12.8 Å². The molecule has 0 amide bonds. The molecule has 26 heavy (non-hydrogen) atoms. The summed E-state index contributed by atoms with van der Waals surface area (Å²) in [5, 5.41) is 9.23. The van der Waals surface area contributed by atoms with Crippen LogP contribution in [0.3, 0.4) is 0 Å². The van der Waals surface area contributed by atoms with Crippen molar-refractivity contribution < 1.29 is 28.7 Å². The third-order valence-corrected chi connectivity index (χ3v) is 4.96. The van der Waals surface area contributed by atoms with Crippen LogP contribution in [0.15, 0.2) is 12.4 Å². The summed E-state index contributed by atoms with van der Waals surface area (Å²) in [4.78, 5) is 23.9. The van der Waals surface area contributed by atoms with Crippen LogP contribution in [-0.2, 0) is 32.7 Å². The SMILES string of the molecule is B[C@H]1CC(OC(=O)CCC(=O)CCCC[n+]2ccn(C)c2C)[C@@H](CO)O1. The van der Waals surface area contributed by atoms with Gasteiger partial charge in [0.1, 0.15) is 38.2 Å². The third kappa shape index (κ3) is 5.95. The highest BCUT2D eigenvalue weighted by Gasteiger charge is 2.35. The summed E-state index contributed by atoms with van der Waals surface area (Å²) in [7, 11) is 3.89. The van der Waals surface area contributed by atoms with Gasteiger partial charge in [0.05, 0.1) is 26.6 Å². The molecule has 7 nitrogen and oxygen atoms in total. The van der Waals surface area contributed by atoms with Gasteiger partial charge in [0.2, 0.25) is 0 Å². The molecule has 0 aromatic carbocycles. The zero-order valence-corrected chi connectivity index (χ0v) is 16.0. The molecule has 0 spiro atoms. The predicted octanol–water partition coefficient (Wildman–Crippen LogP) is -0.207. The minimum Gasteiger partial charge on any atom is -0.459 e. The quantitative estimate of drug-likeness (QED) is 0.269. The van der Waals surface area contributed by atoms with Crippen LogP contribution in [-0.4, -0.2) is 54.1 Å². The van der Waals surface area contributed by atoms with Crippen LogP contribution in [0, 0.1) is 6.92 Å². The predicted molar refractivity (Wildman–Crippen MR) is 97.2 cm³/mol. The molecule has 0 radical (unpaired) electrons. The summed E-state index contributed by atoms with van der Waals surface area (Å²) in [5.41, 5.74) is 0. The molecule has 1 aliphatic heterocycles. The van der Waals surface area contributed by atoms with Crippen molar-refractivity contribution in [2.24, 2.45) is 7.05 Å². The summed E-state index contributed by atoms with van der Waals surface area (Å²) in [5.74, 6) is 0.881. The number of aromatic nitrogens is 2. The van der Waals surface area contributed by atoms with E-state index < -0.39 is 18.2 Å². The molecule has 1 aliphatic rings. The van der Waals surface area contributed by atoms with Crippen molar-refractivity contribution in [3.8, 4) is 0 Å². The first-order valence-corrected chi connectivity index (χ1v) is 9.39. The Hall–Kier alpha value is -1.67. The number of imidazole rings is 1. The van der Waals surface area contributed by atoms with Gasteiger partial charge in [-0.15, -0.1) is 0 Å². The van der Waals surface area contributed by atoms with E-state index in [-0.39, 0.29) is 31.2 Å². The number of aliphatic hydroxyl groups excluding tert-OH is 1. The van der Waals surface area contributed by atoms with E-state index in [1.807, 2.05) is 27.3 Å². The Balaban J connectivity index is 1.59. The largest absolute Gasteiger partial charge is 0.459 e. The van der Waals surface area contributed by atoms with Crippen molar-refractivity contribution in [3.63, 3.8) is 0 Å². The zero-order chi connectivity index (χ0) is 19.1. The molecule has 8 heteroatoms. The van der Waals surface area contributed by atoms with Crippen LogP contribution in [0.1, 0.15) is 44.3 Å². The molecule has 1 fully saturated rings. The summed E-state index contributed by atoms with van der Waals surface area (Å²) in [6.07, 6.45) is 6.31. The fourth-order valence-corrected chi connectivity index (χ4v) is 3.24. The average Bonchev–Trinajstić information content (AvgIpc) is 3.12. The molecule has 2 heterocycles. The lowest BCUT2D eigenvalue weighted by atomic mass is 9.96. The van der Waals surface area contributed by atoms with Gasteiger partial charge in [-0.3, -0.25) is 9.59 Å². The highest BCUT2D eigenvalue weighted by Crippen LogP contribution is 2.22. The Labute approximate surface area is 155 Å². The van der Waals surface area contributed by atoms with Crippen molar-refractivity contribution in [3.05, 3.63) is 18.2 Å². The van der Waals surface area contributed by atoms with Gasteiger partial charge in [-0.2, -0.15) is 0 Å². The number of hydrogen-bond donors (Lipinski definition) is 1. The van der Waals surface area contributed by atoms with E-state index in [4.69, 9.17) is 9.47 Å². The molecule has 144 valence electrons. The Morgan fingerprint density at radius 2 is 2.15 bits per heavy atom. The standard InChI is InChI=1S/C18H30BN2O5/c1-13-20(2)9-10-21(13)8-4-3-5-14(23)6-7-18(24)26-15-11-17(19)25-16(15)12-22/h9-10,15-17,22H,3-8,11-12,19H2,1-2H3/q+1/t15?,16-,17-/m1/s1. The van der Waals surface area contributed by atoms with E-state index in [1.165, 1.54) is 5.82 Å². The van der Waals surface area contributed by atoms with Gasteiger partial charge in [0.25, 0.3) is 5.82 Å². The van der Waals surface area contributed by atoms with Crippen molar-refractivity contribution in [1.82, 2.24) is 4.57 Å². The Morgan fingerprint density at radius 1 is 1.38 bits per heavy atom. The number of unbranched alkanes of at least 4 members (excludes halogenated alkanes) is 1. The topological polar surface area (TPSA) is 81.6 Å². The normalized spacial score (nSPS) is 22.5. The number of Topliss-reactive ketones (excluding diaryl/α,β-unsaturated/α-hetero) is 1. The number of ether oxygens (including phenoxy) is 2. The van der Waals surface area contributed by atoms with E-state index in [2.05, 4.69) is 16.1 Å². The minimum atomic E-state index is -0.455. The highest BCUT2D eigenvalue weighted by atomic mass is 16.6. The first-order valence-electron chi connectivity index (χ1n) is 9.39. The van der Waals surface area contributed by atoms with E-state index in [9.17, 15) is 14.7 Å². The average molecular weight is 365 g/mol. The molecule has 1 saturated heterocycles. The summed E-state index contributed by atoms with van der Waals surface area (Å²) < 4.78 is 15.1. The van der Waals surface area contributed by atoms with Crippen LogP contribution in [0.4, 0.5) is 0 Å². The van der Waals surface area contributed by atoms with Gasteiger partial charge in [0.15, 0.2) is 0 Å². The second-order valence-corrected chi connectivity index (χ2v) is 7.08. The number of rotatable bonds is 10. The first-order chi connectivity index (χ1) is 12.4. The molecule has 0 aliphatic carbocycles. The third-order valence-electron chi connectivity index (χ3n) is 4.96. The lowest BCUT2D eigenvalue weighted by Crippen LogP contribution is -2.35. The molecule has 1 N–H and O–H groups in total. The van der Waals surface area contributed by atoms with Crippen molar-refractivity contribution in [2.45, 2.75) is 70.2 Å². The fraction of sp³-hybridized carbons (Fsp3) is 0.722. The van der Waals surface area contributed by atoms with Crippen LogP contribution >= 0.6 is 0 Å². The Bertz CT molecular complexity index is 619. The van der Waals surface area contributed by atoms with Crippen molar-refractivity contribution >= 4 is 19.6 Å². The molecule has 1 aromatic rings.